The Labute approximate surface area is 239 Å². The molecular formula is C32H35N5O4. The van der Waals surface area contributed by atoms with Crippen LogP contribution in [0.15, 0.2) is 60.7 Å². The zero-order valence-corrected chi connectivity index (χ0v) is 24.0. The zero-order valence-electron chi connectivity index (χ0n) is 24.0. The number of carbonyl (C=O) groups excluding carboxylic acids is 2. The molecule has 0 fully saturated rings. The fraction of sp³-hybridized carbons (Fsp3) is 0.281. The maximum atomic E-state index is 12.8. The van der Waals surface area contributed by atoms with E-state index in [0.717, 1.165) is 23.2 Å². The lowest BCUT2D eigenvalue weighted by Gasteiger charge is -2.21. The number of benzene rings is 3. The standard InChI is InChI=1S/C32H35N5O4/c1-32(2,3)22-10-13-25-21(16-22)14-15-37-30(35-25)27(29(33)38)28(36-37)20-8-6-19(7-9-20)18-34-31(39)24-12-11-23(40-4)17-26(24)41-5/h6-13,16-17,35H,14-15,18H2,1-5H3,(H2,33,38)(H,34,39). The first-order valence-corrected chi connectivity index (χ1v) is 13.5. The summed E-state index contributed by atoms with van der Waals surface area (Å²) in [5.41, 5.74) is 12.2. The van der Waals surface area contributed by atoms with E-state index in [0.29, 0.717) is 47.2 Å². The third kappa shape index (κ3) is 5.61. The number of hydrogen-bond donors (Lipinski definition) is 3. The highest BCUT2D eigenvalue weighted by Gasteiger charge is 2.27. The summed E-state index contributed by atoms with van der Waals surface area (Å²) in [6, 6.07) is 19.0. The van der Waals surface area contributed by atoms with Crippen molar-refractivity contribution in [1.82, 2.24) is 15.1 Å². The van der Waals surface area contributed by atoms with Gasteiger partial charge >= 0.3 is 0 Å². The molecule has 9 heteroatoms. The Morgan fingerprint density at radius 1 is 1.02 bits per heavy atom. The van der Waals surface area contributed by atoms with Crippen LogP contribution in [0, 0.1) is 0 Å². The molecule has 0 atom stereocenters. The molecule has 9 nitrogen and oxygen atoms in total. The summed E-state index contributed by atoms with van der Waals surface area (Å²) in [6.45, 7) is 7.50. The highest BCUT2D eigenvalue weighted by molar-refractivity contribution is 6.04. The number of carbonyl (C=O) groups is 2. The molecule has 5 rings (SSSR count). The lowest BCUT2D eigenvalue weighted by Crippen LogP contribution is -2.23. The molecule has 2 heterocycles. The SMILES string of the molecule is COc1ccc(C(=O)NCc2ccc(-c3nn4c(c3C(N)=O)Nc3ccc(C(C)(C)C)cc3CC4)cc2)c(OC)c1. The van der Waals surface area contributed by atoms with Crippen molar-refractivity contribution in [1.29, 1.82) is 0 Å². The van der Waals surface area contributed by atoms with Gasteiger partial charge in [-0.05, 0) is 46.7 Å². The van der Waals surface area contributed by atoms with Gasteiger partial charge in [0.2, 0.25) is 0 Å². The molecular weight excluding hydrogens is 518 g/mol. The van der Waals surface area contributed by atoms with Crippen LogP contribution in [0.1, 0.15) is 58.2 Å². The van der Waals surface area contributed by atoms with Crippen LogP contribution in [0.25, 0.3) is 11.3 Å². The van der Waals surface area contributed by atoms with Gasteiger partial charge in [-0.3, -0.25) is 9.59 Å². The molecule has 212 valence electrons. The maximum absolute atomic E-state index is 12.8. The van der Waals surface area contributed by atoms with Crippen LogP contribution in [0.4, 0.5) is 11.5 Å². The Morgan fingerprint density at radius 2 is 1.78 bits per heavy atom. The normalized spacial score (nSPS) is 12.4. The third-order valence-electron chi connectivity index (χ3n) is 7.35. The van der Waals surface area contributed by atoms with Crippen molar-refractivity contribution < 1.29 is 19.1 Å². The summed E-state index contributed by atoms with van der Waals surface area (Å²) >= 11 is 0. The minimum Gasteiger partial charge on any atom is -0.497 e. The molecule has 0 saturated carbocycles. The van der Waals surface area contributed by atoms with Gasteiger partial charge in [0.05, 0.1) is 19.8 Å². The number of primary amides is 1. The number of ether oxygens (including phenoxy) is 2. The number of nitrogens with zero attached hydrogens (tertiary/aromatic N) is 2. The van der Waals surface area contributed by atoms with E-state index in [1.807, 2.05) is 28.9 Å². The minimum absolute atomic E-state index is 0.0397. The molecule has 1 aliphatic rings. The van der Waals surface area contributed by atoms with E-state index < -0.39 is 5.91 Å². The molecule has 41 heavy (non-hydrogen) atoms. The van der Waals surface area contributed by atoms with E-state index in [4.69, 9.17) is 20.3 Å². The van der Waals surface area contributed by atoms with E-state index in [2.05, 4.69) is 49.6 Å². The highest BCUT2D eigenvalue weighted by Crippen LogP contribution is 2.36. The first kappa shape index (κ1) is 27.8. The van der Waals surface area contributed by atoms with E-state index >= 15 is 0 Å². The topological polar surface area (TPSA) is 121 Å². The van der Waals surface area contributed by atoms with E-state index in [-0.39, 0.29) is 11.3 Å². The summed E-state index contributed by atoms with van der Waals surface area (Å²) in [6.07, 6.45) is 0.774. The third-order valence-corrected chi connectivity index (χ3v) is 7.35. The first-order chi connectivity index (χ1) is 19.6. The van der Waals surface area contributed by atoms with Gasteiger partial charge in [0, 0.05) is 30.4 Å². The fourth-order valence-electron chi connectivity index (χ4n) is 4.97. The zero-order chi connectivity index (χ0) is 29.3. The van der Waals surface area contributed by atoms with Gasteiger partial charge in [0.25, 0.3) is 11.8 Å². The number of methoxy groups -OCH3 is 2. The molecule has 0 unspecified atom stereocenters. The Morgan fingerprint density at radius 3 is 2.44 bits per heavy atom. The Kier molecular flexibility index (Phi) is 7.45. The van der Waals surface area contributed by atoms with E-state index in [1.165, 1.54) is 18.2 Å². The van der Waals surface area contributed by atoms with Gasteiger partial charge in [-0.1, -0.05) is 57.2 Å². The van der Waals surface area contributed by atoms with Gasteiger partial charge in [-0.2, -0.15) is 5.10 Å². The Balaban J connectivity index is 1.36. The van der Waals surface area contributed by atoms with E-state index in [1.54, 1.807) is 25.3 Å². The van der Waals surface area contributed by atoms with Crippen molar-refractivity contribution in [3.05, 3.63) is 88.5 Å². The van der Waals surface area contributed by atoms with Crippen molar-refractivity contribution in [2.24, 2.45) is 5.73 Å². The second kappa shape index (κ2) is 11.0. The Bertz CT molecular complexity index is 1620. The second-order valence-corrected chi connectivity index (χ2v) is 11.1. The van der Waals surface area contributed by atoms with Crippen LogP contribution in [0.5, 0.6) is 11.5 Å². The second-order valence-electron chi connectivity index (χ2n) is 11.1. The average molecular weight is 554 g/mol. The van der Waals surface area contributed by atoms with Crippen LogP contribution < -0.4 is 25.8 Å². The molecule has 4 N–H and O–H groups in total. The number of nitrogens with one attached hydrogen (secondary N) is 2. The van der Waals surface area contributed by atoms with Crippen LogP contribution >= 0.6 is 0 Å². The maximum Gasteiger partial charge on any atom is 0.255 e. The number of aryl methyl sites for hydroxylation is 2. The van der Waals surface area contributed by atoms with Crippen LogP contribution in [-0.2, 0) is 24.9 Å². The molecule has 0 saturated heterocycles. The van der Waals surface area contributed by atoms with Crippen LogP contribution in [-0.4, -0.2) is 35.8 Å². The van der Waals surface area contributed by atoms with Crippen LogP contribution in [0.2, 0.25) is 0 Å². The number of rotatable bonds is 7. The quantitative estimate of drug-likeness (QED) is 0.290. The number of anilines is 2. The Hall–Kier alpha value is -4.79. The molecule has 3 aromatic carbocycles. The minimum atomic E-state index is -0.548. The molecule has 1 aliphatic heterocycles. The highest BCUT2D eigenvalue weighted by atomic mass is 16.5. The molecule has 2 amide bonds. The average Bonchev–Trinajstić information content (AvgIpc) is 3.23. The van der Waals surface area contributed by atoms with Crippen molar-refractivity contribution in [2.75, 3.05) is 19.5 Å². The van der Waals surface area contributed by atoms with Gasteiger partial charge in [-0.15, -0.1) is 0 Å². The van der Waals surface area contributed by atoms with Crippen molar-refractivity contribution >= 4 is 23.3 Å². The lowest BCUT2D eigenvalue weighted by molar-refractivity contribution is 0.0946. The smallest absolute Gasteiger partial charge is 0.255 e. The predicted octanol–water partition coefficient (Wildman–Crippen LogP) is 5.19. The molecule has 0 radical (unpaired) electrons. The van der Waals surface area contributed by atoms with Crippen molar-refractivity contribution in [3.63, 3.8) is 0 Å². The lowest BCUT2D eigenvalue weighted by atomic mass is 9.85. The molecule has 4 aromatic rings. The fourth-order valence-corrected chi connectivity index (χ4v) is 4.97. The summed E-state index contributed by atoms with van der Waals surface area (Å²) < 4.78 is 12.4. The van der Waals surface area contributed by atoms with Gasteiger partial charge in [0.15, 0.2) is 0 Å². The summed E-state index contributed by atoms with van der Waals surface area (Å²) in [4.78, 5) is 25.5. The summed E-state index contributed by atoms with van der Waals surface area (Å²) in [7, 11) is 3.07. The number of hydrogen-bond acceptors (Lipinski definition) is 6. The van der Waals surface area contributed by atoms with Crippen LogP contribution in [0.3, 0.4) is 0 Å². The monoisotopic (exact) mass is 553 g/mol. The van der Waals surface area contributed by atoms with Gasteiger partial charge in [0.1, 0.15) is 28.6 Å². The largest absolute Gasteiger partial charge is 0.497 e. The van der Waals surface area contributed by atoms with Gasteiger partial charge < -0.3 is 25.8 Å². The van der Waals surface area contributed by atoms with E-state index in [9.17, 15) is 9.59 Å². The molecule has 0 bridgehead atoms. The number of nitrogens with two attached hydrogens (primary N) is 1. The number of amides is 2. The number of aromatic nitrogens is 2. The summed E-state index contributed by atoms with van der Waals surface area (Å²) in [5.74, 6) is 0.827. The molecule has 0 spiro atoms. The summed E-state index contributed by atoms with van der Waals surface area (Å²) in [5, 5.41) is 11.1. The van der Waals surface area contributed by atoms with Crippen molar-refractivity contribution in [2.45, 2.75) is 45.7 Å². The molecule has 0 aliphatic carbocycles. The number of fused-ring (bicyclic) bond motifs is 2. The predicted molar refractivity (Wildman–Crippen MR) is 159 cm³/mol. The van der Waals surface area contributed by atoms with Crippen molar-refractivity contribution in [3.8, 4) is 22.8 Å². The first-order valence-electron chi connectivity index (χ1n) is 13.5. The van der Waals surface area contributed by atoms with Gasteiger partial charge in [-0.25, -0.2) is 4.68 Å². The molecule has 1 aromatic heterocycles.